The molecule has 0 aliphatic rings. The fourth-order valence-electron chi connectivity index (χ4n) is 3.26. The zero-order valence-corrected chi connectivity index (χ0v) is 20.1. The number of pyridine rings is 1. The average Bonchev–Trinajstić information content (AvgIpc) is 2.72. The summed E-state index contributed by atoms with van der Waals surface area (Å²) >= 11 is 6.28. The molecule has 0 amide bonds. The number of nitrogens with zero attached hydrogens (tertiary/aromatic N) is 3. The molecule has 3 rings (SSSR count). The maximum absolute atomic E-state index is 12.8. The van der Waals surface area contributed by atoms with E-state index < -0.39 is 15.1 Å². The van der Waals surface area contributed by atoms with Crippen molar-refractivity contribution in [1.82, 2.24) is 14.5 Å². The molecule has 3 aromatic rings. The number of halogens is 1. The highest BCUT2D eigenvalue weighted by molar-refractivity contribution is 7.91. The minimum absolute atomic E-state index is 0.0131. The van der Waals surface area contributed by atoms with Crippen LogP contribution < -0.4 is 10.3 Å². The van der Waals surface area contributed by atoms with Gasteiger partial charge in [-0.1, -0.05) is 37.1 Å². The van der Waals surface area contributed by atoms with Crippen LogP contribution in [0.15, 0.2) is 47.4 Å². The van der Waals surface area contributed by atoms with Crippen LogP contribution in [0.25, 0.3) is 11.3 Å². The molecule has 7 nitrogen and oxygen atoms in total. The molecule has 0 saturated heterocycles. The molecule has 1 aromatic carbocycles. The lowest BCUT2D eigenvalue weighted by molar-refractivity contribution is 0.438. The summed E-state index contributed by atoms with van der Waals surface area (Å²) in [5.41, 5.74) is 2.02. The fraction of sp³-hybridized carbons (Fsp3) is 0.348. The van der Waals surface area contributed by atoms with Gasteiger partial charge in [0.25, 0.3) is 0 Å². The Morgan fingerprint density at radius 2 is 1.94 bits per heavy atom. The topological polar surface area (TPSA) is 91.2 Å². The van der Waals surface area contributed by atoms with Crippen molar-refractivity contribution < 1.29 is 13.2 Å². The maximum atomic E-state index is 12.8. The molecule has 2 heterocycles. The van der Waals surface area contributed by atoms with Crippen molar-refractivity contribution in [3.8, 4) is 23.0 Å². The van der Waals surface area contributed by atoms with Gasteiger partial charge in [0, 0.05) is 24.9 Å². The third-order valence-electron chi connectivity index (χ3n) is 5.15. The Balaban J connectivity index is 2.09. The van der Waals surface area contributed by atoms with Crippen LogP contribution in [0, 0.1) is 6.92 Å². The number of hydrogen-bond donors (Lipinski definition) is 0. The smallest absolute Gasteiger partial charge is 0.322 e. The molecule has 1 atom stereocenters. The Labute approximate surface area is 193 Å². The molecule has 0 bridgehead atoms. The van der Waals surface area contributed by atoms with E-state index in [0.717, 1.165) is 12.0 Å². The Kier molecular flexibility index (Phi) is 7.36. The third kappa shape index (κ3) is 5.55. The Bertz CT molecular complexity index is 1270. The molecule has 0 aliphatic carbocycles. The highest BCUT2D eigenvalue weighted by Crippen LogP contribution is 2.32. The number of rotatable bonds is 8. The van der Waals surface area contributed by atoms with Crippen LogP contribution >= 0.6 is 11.6 Å². The second-order valence-corrected chi connectivity index (χ2v) is 10.6. The molecular formula is C23H26ClN3O4S. The lowest BCUT2D eigenvalue weighted by Crippen LogP contribution is -2.20. The van der Waals surface area contributed by atoms with Gasteiger partial charge in [0.15, 0.2) is 15.6 Å². The molecule has 170 valence electrons. The normalized spacial score (nSPS) is 12.5. The van der Waals surface area contributed by atoms with Crippen LogP contribution in [0.4, 0.5) is 0 Å². The van der Waals surface area contributed by atoms with Gasteiger partial charge in [0.05, 0.1) is 27.4 Å². The van der Waals surface area contributed by atoms with Crippen molar-refractivity contribution in [3.63, 3.8) is 0 Å². The molecule has 0 N–H and O–H groups in total. The minimum atomic E-state index is -3.42. The van der Waals surface area contributed by atoms with Gasteiger partial charge < -0.3 is 9.30 Å². The van der Waals surface area contributed by atoms with Crippen molar-refractivity contribution in [1.29, 1.82) is 0 Å². The lowest BCUT2D eigenvalue weighted by Gasteiger charge is -2.14. The van der Waals surface area contributed by atoms with Crippen molar-refractivity contribution in [2.24, 2.45) is 7.05 Å². The van der Waals surface area contributed by atoms with E-state index in [1.165, 1.54) is 10.6 Å². The Morgan fingerprint density at radius 3 is 2.59 bits per heavy atom. The van der Waals surface area contributed by atoms with E-state index in [0.29, 0.717) is 34.1 Å². The van der Waals surface area contributed by atoms with E-state index in [1.54, 1.807) is 44.4 Å². The van der Waals surface area contributed by atoms with Crippen LogP contribution in [0.1, 0.15) is 37.9 Å². The van der Waals surface area contributed by atoms with Crippen LogP contribution in [0.3, 0.4) is 0 Å². The number of sulfone groups is 1. The molecule has 2 aromatic heterocycles. The van der Waals surface area contributed by atoms with Crippen molar-refractivity contribution in [3.05, 3.63) is 69.2 Å². The number of ether oxygens (including phenoxy) is 1. The minimum Gasteiger partial charge on any atom is -0.422 e. The second kappa shape index (κ2) is 9.83. The zero-order chi connectivity index (χ0) is 23.5. The maximum Gasteiger partial charge on any atom is 0.322 e. The summed E-state index contributed by atoms with van der Waals surface area (Å²) in [5.74, 6) is 0.160. The van der Waals surface area contributed by atoms with E-state index >= 15 is 0 Å². The van der Waals surface area contributed by atoms with Gasteiger partial charge in [-0.2, -0.15) is 9.97 Å². The summed E-state index contributed by atoms with van der Waals surface area (Å²) in [7, 11) is -1.79. The van der Waals surface area contributed by atoms with Gasteiger partial charge in [-0.3, -0.25) is 4.79 Å². The van der Waals surface area contributed by atoms with Gasteiger partial charge in [0.2, 0.25) is 5.56 Å². The molecular weight excluding hydrogens is 450 g/mol. The van der Waals surface area contributed by atoms with Crippen LogP contribution in [0.5, 0.6) is 11.8 Å². The highest BCUT2D eigenvalue weighted by Gasteiger charge is 2.23. The average molecular weight is 476 g/mol. The molecule has 9 heteroatoms. The SMILES string of the molecule is CCC[C@@H](C)S(=O)(=O)Cc1cc(-c2ccc(=O)n(C)c2)nc(Oc2c(C)cccc2Cl)n1. The number of benzene rings is 1. The van der Waals surface area contributed by atoms with Gasteiger partial charge in [0.1, 0.15) is 0 Å². The highest BCUT2D eigenvalue weighted by atomic mass is 35.5. The second-order valence-electron chi connectivity index (χ2n) is 7.79. The number of aromatic nitrogens is 3. The summed E-state index contributed by atoms with van der Waals surface area (Å²) in [5, 5.41) is -0.0921. The van der Waals surface area contributed by atoms with Crippen molar-refractivity contribution >= 4 is 21.4 Å². The van der Waals surface area contributed by atoms with Gasteiger partial charge in [-0.25, -0.2) is 8.42 Å². The van der Waals surface area contributed by atoms with Crippen molar-refractivity contribution in [2.75, 3.05) is 0 Å². The summed E-state index contributed by atoms with van der Waals surface area (Å²) in [6.45, 7) is 5.50. The van der Waals surface area contributed by atoms with Crippen LogP contribution in [-0.2, 0) is 22.6 Å². The number of aryl methyl sites for hydroxylation is 2. The van der Waals surface area contributed by atoms with Gasteiger partial charge >= 0.3 is 6.01 Å². The first-order valence-corrected chi connectivity index (χ1v) is 12.4. The molecule has 32 heavy (non-hydrogen) atoms. The molecule has 0 spiro atoms. The third-order valence-corrected chi connectivity index (χ3v) is 7.61. The standard InChI is InChI=1S/C23H26ClN3O4S/c1-5-7-16(3)32(29,30)14-18-12-20(17-10-11-21(28)27(4)13-17)26-23(25-18)31-22-15(2)8-6-9-19(22)24/h6,8-13,16H,5,7,14H2,1-4H3/t16-/m1/s1. The van der Waals surface area contributed by atoms with Crippen LogP contribution in [0.2, 0.25) is 5.02 Å². The molecule has 0 unspecified atom stereocenters. The zero-order valence-electron chi connectivity index (χ0n) is 18.5. The molecule has 0 aliphatic heterocycles. The van der Waals surface area contributed by atoms with E-state index in [4.69, 9.17) is 16.3 Å². The van der Waals surface area contributed by atoms with E-state index in [2.05, 4.69) is 9.97 Å². The fourth-order valence-corrected chi connectivity index (χ4v) is 4.96. The van der Waals surface area contributed by atoms with Gasteiger partial charge in [-0.15, -0.1) is 0 Å². The van der Waals surface area contributed by atoms with E-state index in [-0.39, 0.29) is 17.3 Å². The van der Waals surface area contributed by atoms with E-state index in [1.807, 2.05) is 19.9 Å². The first kappa shape index (κ1) is 23.9. The molecule has 0 fully saturated rings. The summed E-state index contributed by atoms with van der Waals surface area (Å²) in [6.07, 6.45) is 2.98. The van der Waals surface area contributed by atoms with Gasteiger partial charge in [-0.05, 0) is 44.0 Å². The first-order valence-electron chi connectivity index (χ1n) is 10.3. The Morgan fingerprint density at radius 1 is 1.19 bits per heavy atom. The number of hydrogen-bond acceptors (Lipinski definition) is 6. The monoisotopic (exact) mass is 475 g/mol. The van der Waals surface area contributed by atoms with Crippen LogP contribution in [-0.4, -0.2) is 28.2 Å². The largest absolute Gasteiger partial charge is 0.422 e. The Hall–Kier alpha value is -2.71. The quantitative estimate of drug-likeness (QED) is 0.469. The lowest BCUT2D eigenvalue weighted by atomic mass is 10.2. The summed E-state index contributed by atoms with van der Waals surface area (Å²) in [6, 6.07) is 10.0. The molecule has 0 radical (unpaired) electrons. The van der Waals surface area contributed by atoms with Crippen molar-refractivity contribution in [2.45, 2.75) is 44.6 Å². The molecule has 0 saturated carbocycles. The summed E-state index contributed by atoms with van der Waals surface area (Å²) < 4.78 is 33.0. The number of para-hydroxylation sites is 1. The predicted molar refractivity (Wildman–Crippen MR) is 126 cm³/mol. The summed E-state index contributed by atoms with van der Waals surface area (Å²) in [4.78, 5) is 20.6. The first-order chi connectivity index (χ1) is 15.1. The van der Waals surface area contributed by atoms with E-state index in [9.17, 15) is 13.2 Å². The predicted octanol–water partition coefficient (Wildman–Crippen LogP) is 4.70.